The van der Waals surface area contributed by atoms with Crippen molar-refractivity contribution >= 4 is 8.32 Å². The molecule has 0 heterocycles. The Morgan fingerprint density at radius 2 is 1.80 bits per heavy atom. The van der Waals surface area contributed by atoms with E-state index in [9.17, 15) is 8.78 Å². The molecule has 15 heavy (non-hydrogen) atoms. The first-order valence-electron chi connectivity index (χ1n) is 5.07. The van der Waals surface area contributed by atoms with Crippen molar-refractivity contribution in [3.63, 3.8) is 0 Å². The van der Waals surface area contributed by atoms with E-state index in [0.717, 1.165) is 0 Å². The molecule has 0 aliphatic rings. The number of hydrogen-bond acceptors (Lipinski definition) is 1. The highest BCUT2D eigenvalue weighted by molar-refractivity contribution is 6.74. The van der Waals surface area contributed by atoms with E-state index >= 15 is 0 Å². The molecule has 0 spiro atoms. The lowest BCUT2D eigenvalue weighted by molar-refractivity contribution is 0.215. The van der Waals surface area contributed by atoms with Crippen molar-refractivity contribution < 1.29 is 13.2 Å². The molecule has 0 rings (SSSR count). The Morgan fingerprint density at radius 1 is 1.27 bits per heavy atom. The molecule has 0 fully saturated rings. The SMILES string of the molecule is CC(C)(C)[Si](C)(C)OCCC#CC(F)F. The molecule has 0 N–H and O–H groups in total. The molecule has 88 valence electrons. The van der Waals surface area contributed by atoms with Gasteiger partial charge < -0.3 is 4.43 Å². The summed E-state index contributed by atoms with van der Waals surface area (Å²) in [6, 6.07) is 0. The summed E-state index contributed by atoms with van der Waals surface area (Å²) in [6.45, 7) is 11.1. The van der Waals surface area contributed by atoms with E-state index in [1.54, 1.807) is 0 Å². The van der Waals surface area contributed by atoms with Crippen LogP contribution in [0.5, 0.6) is 0 Å². The summed E-state index contributed by atoms with van der Waals surface area (Å²) in [6.07, 6.45) is -2.14. The molecule has 0 radical (unpaired) electrons. The van der Waals surface area contributed by atoms with Gasteiger partial charge in [0.05, 0.1) is 0 Å². The van der Waals surface area contributed by atoms with Crippen LogP contribution >= 0.6 is 0 Å². The maximum absolute atomic E-state index is 11.7. The third-order valence-electron chi connectivity index (χ3n) is 2.71. The van der Waals surface area contributed by atoms with Gasteiger partial charge in [0.15, 0.2) is 8.32 Å². The first kappa shape index (κ1) is 14.6. The highest BCUT2D eigenvalue weighted by atomic mass is 28.4. The van der Waals surface area contributed by atoms with Crippen molar-refractivity contribution in [3.8, 4) is 11.8 Å². The predicted octanol–water partition coefficient (Wildman–Crippen LogP) is 3.67. The molecule has 0 aliphatic heterocycles. The largest absolute Gasteiger partial charge is 0.416 e. The van der Waals surface area contributed by atoms with Crippen molar-refractivity contribution in [2.24, 2.45) is 0 Å². The second kappa shape index (κ2) is 5.62. The molecule has 4 heteroatoms. The number of alkyl halides is 2. The van der Waals surface area contributed by atoms with Crippen LogP contribution in [0.1, 0.15) is 27.2 Å². The van der Waals surface area contributed by atoms with Crippen LogP contribution < -0.4 is 0 Å². The van der Waals surface area contributed by atoms with Gasteiger partial charge in [-0.3, -0.25) is 0 Å². The van der Waals surface area contributed by atoms with Crippen LogP contribution in [-0.2, 0) is 4.43 Å². The van der Waals surface area contributed by atoms with E-state index in [1.165, 1.54) is 0 Å². The third-order valence-corrected chi connectivity index (χ3v) is 7.25. The second-order valence-electron chi connectivity index (χ2n) is 4.98. The Morgan fingerprint density at radius 3 is 2.20 bits per heavy atom. The zero-order valence-corrected chi connectivity index (χ0v) is 11.2. The Labute approximate surface area is 92.3 Å². The van der Waals surface area contributed by atoms with Crippen LogP contribution in [0.2, 0.25) is 18.1 Å². The Balaban J connectivity index is 3.93. The first-order chi connectivity index (χ1) is 6.67. The zero-order chi connectivity index (χ0) is 12.1. The average molecular weight is 234 g/mol. The molecule has 0 aromatic heterocycles. The lowest BCUT2D eigenvalue weighted by Crippen LogP contribution is -2.40. The van der Waals surface area contributed by atoms with Gasteiger partial charge in [0, 0.05) is 13.0 Å². The van der Waals surface area contributed by atoms with Crippen molar-refractivity contribution in [1.82, 2.24) is 0 Å². The fourth-order valence-electron chi connectivity index (χ4n) is 0.723. The van der Waals surface area contributed by atoms with Crippen LogP contribution in [-0.4, -0.2) is 21.3 Å². The molecule has 0 aromatic rings. The quantitative estimate of drug-likeness (QED) is 0.411. The van der Waals surface area contributed by atoms with Gasteiger partial charge in [0.2, 0.25) is 0 Å². The minimum Gasteiger partial charge on any atom is -0.416 e. The number of halogens is 2. The van der Waals surface area contributed by atoms with Gasteiger partial charge in [-0.25, -0.2) is 0 Å². The molecule has 0 aliphatic carbocycles. The molecular weight excluding hydrogens is 214 g/mol. The van der Waals surface area contributed by atoms with Crippen LogP contribution in [0, 0.1) is 11.8 Å². The second-order valence-corrected chi connectivity index (χ2v) is 9.79. The molecule has 0 saturated carbocycles. The summed E-state index contributed by atoms with van der Waals surface area (Å²) in [5, 5.41) is 0.156. The summed E-state index contributed by atoms with van der Waals surface area (Å²) in [7, 11) is -1.74. The molecular formula is C11H20F2OSi. The summed E-state index contributed by atoms with van der Waals surface area (Å²) in [5.41, 5.74) is 0. The fourth-order valence-corrected chi connectivity index (χ4v) is 1.77. The molecule has 1 nitrogen and oxygen atoms in total. The van der Waals surface area contributed by atoms with E-state index in [2.05, 4.69) is 39.8 Å². The lowest BCUT2D eigenvalue weighted by atomic mass is 10.2. The summed E-state index contributed by atoms with van der Waals surface area (Å²) in [4.78, 5) is 0. The van der Waals surface area contributed by atoms with Gasteiger partial charge in [-0.05, 0) is 24.1 Å². The molecule has 0 atom stereocenters. The van der Waals surface area contributed by atoms with Crippen LogP contribution in [0.4, 0.5) is 8.78 Å². The molecule has 0 amide bonds. The normalized spacial score (nSPS) is 12.5. The topological polar surface area (TPSA) is 9.23 Å². The zero-order valence-electron chi connectivity index (χ0n) is 10.2. The van der Waals surface area contributed by atoms with Gasteiger partial charge in [0.1, 0.15) is 0 Å². The monoisotopic (exact) mass is 234 g/mol. The highest BCUT2D eigenvalue weighted by Crippen LogP contribution is 2.36. The summed E-state index contributed by atoms with van der Waals surface area (Å²) >= 11 is 0. The van der Waals surface area contributed by atoms with Crippen molar-refractivity contribution in [3.05, 3.63) is 0 Å². The standard InChI is InChI=1S/C11H20F2OSi/c1-11(2,3)15(4,5)14-9-7-6-8-10(12)13/h10H,7,9H2,1-5H3. The van der Waals surface area contributed by atoms with Gasteiger partial charge in [-0.15, -0.1) is 0 Å². The average Bonchev–Trinajstić information content (AvgIpc) is 2.00. The van der Waals surface area contributed by atoms with E-state index in [4.69, 9.17) is 4.43 Å². The van der Waals surface area contributed by atoms with E-state index in [1.807, 2.05) is 5.92 Å². The minimum absolute atomic E-state index is 0.156. The van der Waals surface area contributed by atoms with Crippen LogP contribution in [0.15, 0.2) is 0 Å². The van der Waals surface area contributed by atoms with Crippen LogP contribution in [0.3, 0.4) is 0 Å². The molecule has 0 saturated heterocycles. The van der Waals surface area contributed by atoms with Gasteiger partial charge >= 0.3 is 0 Å². The first-order valence-corrected chi connectivity index (χ1v) is 7.98. The van der Waals surface area contributed by atoms with E-state index < -0.39 is 14.7 Å². The smallest absolute Gasteiger partial charge is 0.298 e. The molecule has 0 unspecified atom stereocenters. The third kappa shape index (κ3) is 5.91. The molecule has 0 bridgehead atoms. The minimum atomic E-state index is -2.53. The summed E-state index contributed by atoms with van der Waals surface area (Å²) in [5.74, 6) is 4.23. The van der Waals surface area contributed by atoms with Gasteiger partial charge in [-0.2, -0.15) is 8.78 Å². The van der Waals surface area contributed by atoms with Crippen LogP contribution in [0.25, 0.3) is 0 Å². The maximum atomic E-state index is 11.7. The number of rotatable bonds is 3. The fraction of sp³-hybridized carbons (Fsp3) is 0.818. The Bertz CT molecular complexity index is 246. The van der Waals surface area contributed by atoms with E-state index in [0.29, 0.717) is 13.0 Å². The summed E-state index contributed by atoms with van der Waals surface area (Å²) < 4.78 is 29.1. The van der Waals surface area contributed by atoms with Crippen molar-refractivity contribution in [2.45, 2.75) is 51.7 Å². The number of hydrogen-bond donors (Lipinski definition) is 0. The Hall–Kier alpha value is -0.403. The Kier molecular flexibility index (Phi) is 5.47. The van der Waals surface area contributed by atoms with Gasteiger partial charge in [-0.1, -0.05) is 26.7 Å². The predicted molar refractivity (Wildman–Crippen MR) is 61.5 cm³/mol. The van der Waals surface area contributed by atoms with Gasteiger partial charge in [0.25, 0.3) is 6.43 Å². The van der Waals surface area contributed by atoms with E-state index in [-0.39, 0.29) is 5.04 Å². The maximum Gasteiger partial charge on any atom is 0.298 e. The van der Waals surface area contributed by atoms with Crippen molar-refractivity contribution in [1.29, 1.82) is 0 Å². The molecule has 0 aromatic carbocycles. The lowest BCUT2D eigenvalue weighted by Gasteiger charge is -2.35. The van der Waals surface area contributed by atoms with Crippen molar-refractivity contribution in [2.75, 3.05) is 6.61 Å². The highest BCUT2D eigenvalue weighted by Gasteiger charge is 2.36.